The third-order valence-electron chi connectivity index (χ3n) is 8.87. The molecule has 0 aromatic heterocycles. The average Bonchev–Trinajstić information content (AvgIpc) is 2.59. The van der Waals surface area contributed by atoms with Crippen LogP contribution >= 0.6 is 0 Å². The summed E-state index contributed by atoms with van der Waals surface area (Å²) in [5, 5.41) is 20.4. The number of aliphatic carboxylic acids is 2. The number of carbonyl (C=O) groups excluding carboxylic acids is 2. The van der Waals surface area contributed by atoms with Crippen molar-refractivity contribution in [1.29, 1.82) is 0 Å². The molecular weight excluding hydrogens is 460 g/mol. The minimum Gasteiger partial charge on any atom is -0.481 e. The second-order valence-electron chi connectivity index (χ2n) is 13.8. The predicted octanol–water partition coefficient (Wildman–Crippen LogP) is 4.94. The third-order valence-corrected chi connectivity index (χ3v) is 8.87. The molecule has 2 aliphatic heterocycles. The van der Waals surface area contributed by atoms with E-state index in [0.717, 1.165) is 0 Å². The van der Waals surface area contributed by atoms with E-state index in [1.807, 2.05) is 65.2 Å². The quantitative estimate of drug-likeness (QED) is 0.503. The van der Waals surface area contributed by atoms with Crippen LogP contribution in [0.15, 0.2) is 0 Å². The molecule has 0 spiro atoms. The van der Waals surface area contributed by atoms with Crippen molar-refractivity contribution in [3.05, 3.63) is 0 Å². The number of carboxylic acid groups (broad SMARTS) is 2. The lowest BCUT2D eigenvalue weighted by atomic mass is 9.52. The maximum Gasteiger partial charge on any atom is 0.310 e. The normalized spacial score (nSPS) is 23.8. The van der Waals surface area contributed by atoms with Gasteiger partial charge < -0.3 is 20.0 Å². The molecule has 0 saturated carbocycles. The van der Waals surface area contributed by atoms with Gasteiger partial charge in [0.1, 0.15) is 0 Å². The van der Waals surface area contributed by atoms with Crippen molar-refractivity contribution in [2.45, 2.75) is 136 Å². The van der Waals surface area contributed by atoms with Gasteiger partial charge in [0, 0.05) is 42.4 Å². The number of hydrogen-bond donors (Lipinski definition) is 2. The topological polar surface area (TPSA) is 115 Å². The van der Waals surface area contributed by atoms with Crippen LogP contribution in [0, 0.1) is 17.3 Å². The zero-order valence-corrected chi connectivity index (χ0v) is 24.0. The molecule has 2 fully saturated rings. The van der Waals surface area contributed by atoms with Gasteiger partial charge in [-0.3, -0.25) is 19.2 Å². The Bertz CT molecular complexity index is 814. The molecule has 0 unspecified atom stereocenters. The highest BCUT2D eigenvalue weighted by molar-refractivity contribution is 5.78. The van der Waals surface area contributed by atoms with E-state index in [1.54, 1.807) is 13.8 Å². The summed E-state index contributed by atoms with van der Waals surface area (Å²) in [5.74, 6) is -2.42. The van der Waals surface area contributed by atoms with E-state index >= 15 is 0 Å². The number of carbonyl (C=O) groups is 4. The first-order valence-corrected chi connectivity index (χ1v) is 13.2. The van der Waals surface area contributed by atoms with E-state index in [2.05, 4.69) is 0 Å². The first-order valence-electron chi connectivity index (χ1n) is 13.2. The fourth-order valence-electron chi connectivity index (χ4n) is 8.72. The Morgan fingerprint density at radius 3 is 1.22 bits per heavy atom. The first-order chi connectivity index (χ1) is 16.1. The van der Waals surface area contributed by atoms with Crippen LogP contribution in [0.1, 0.15) is 114 Å². The van der Waals surface area contributed by atoms with Gasteiger partial charge in [-0.1, -0.05) is 0 Å². The first kappa shape index (κ1) is 30.1. The highest BCUT2D eigenvalue weighted by Gasteiger charge is 2.61. The second kappa shape index (κ2) is 9.64. The lowest BCUT2D eigenvalue weighted by Crippen LogP contribution is -2.68. The van der Waals surface area contributed by atoms with Gasteiger partial charge in [-0.15, -0.1) is 0 Å². The number of hydrogen-bond acceptors (Lipinski definition) is 4. The second-order valence-corrected chi connectivity index (χ2v) is 13.8. The number of amides is 2. The molecule has 0 bridgehead atoms. The van der Waals surface area contributed by atoms with Crippen LogP contribution in [0.5, 0.6) is 0 Å². The Morgan fingerprint density at radius 2 is 1.00 bits per heavy atom. The summed E-state index contributed by atoms with van der Waals surface area (Å²) in [6.45, 7) is 19.1. The van der Waals surface area contributed by atoms with Gasteiger partial charge in [0.25, 0.3) is 0 Å². The van der Waals surface area contributed by atoms with E-state index in [0.29, 0.717) is 25.7 Å². The van der Waals surface area contributed by atoms with Gasteiger partial charge >= 0.3 is 11.9 Å². The molecule has 0 radical (unpaired) electrons. The lowest BCUT2D eigenvalue weighted by Gasteiger charge is -2.62. The fraction of sp³-hybridized carbons (Fsp3) is 0.857. The summed E-state index contributed by atoms with van der Waals surface area (Å²) in [6, 6.07) is 0. The van der Waals surface area contributed by atoms with Crippen molar-refractivity contribution in [1.82, 2.24) is 9.80 Å². The maximum atomic E-state index is 13.5. The van der Waals surface area contributed by atoms with E-state index < -0.39 is 39.5 Å². The SMILES string of the molecule is CC(=O)N1C(C)(C)CC(C(CCCC(=O)O)(C(=O)O)C2CC(C)(C)N(C(C)=O)C(C)(C)C2)CC1(C)C. The molecule has 2 N–H and O–H groups in total. The van der Waals surface area contributed by atoms with Gasteiger partial charge in [0.2, 0.25) is 11.8 Å². The van der Waals surface area contributed by atoms with Crippen molar-refractivity contribution in [3.8, 4) is 0 Å². The highest BCUT2D eigenvalue weighted by atomic mass is 16.4. The Kier molecular flexibility index (Phi) is 8.06. The third kappa shape index (κ3) is 5.42. The molecule has 0 aliphatic carbocycles. The molecule has 206 valence electrons. The van der Waals surface area contributed by atoms with Crippen molar-refractivity contribution >= 4 is 23.8 Å². The summed E-state index contributed by atoms with van der Waals surface area (Å²) in [5.41, 5.74) is -3.41. The largest absolute Gasteiger partial charge is 0.481 e. The number of piperidine rings is 2. The zero-order chi connectivity index (χ0) is 28.1. The summed E-state index contributed by atoms with van der Waals surface area (Å²) >= 11 is 0. The molecule has 0 aromatic rings. The Labute approximate surface area is 216 Å². The number of nitrogens with zero attached hydrogens (tertiary/aromatic N) is 2. The number of likely N-dealkylation sites (tertiary alicyclic amines) is 2. The molecule has 2 saturated heterocycles. The molecule has 2 aliphatic rings. The van der Waals surface area contributed by atoms with Crippen LogP contribution in [0.3, 0.4) is 0 Å². The van der Waals surface area contributed by atoms with Crippen molar-refractivity contribution in [2.75, 3.05) is 0 Å². The number of rotatable bonds is 7. The smallest absolute Gasteiger partial charge is 0.310 e. The van der Waals surface area contributed by atoms with Crippen LogP contribution < -0.4 is 0 Å². The Balaban J connectivity index is 2.69. The Morgan fingerprint density at radius 1 is 0.694 bits per heavy atom. The monoisotopic (exact) mass is 508 g/mol. The molecule has 0 aromatic carbocycles. The van der Waals surface area contributed by atoms with Crippen LogP contribution in [0.2, 0.25) is 0 Å². The minimum absolute atomic E-state index is 0.0349. The summed E-state index contributed by atoms with van der Waals surface area (Å²) in [6.07, 6.45) is 2.50. The summed E-state index contributed by atoms with van der Waals surface area (Å²) in [7, 11) is 0. The molecule has 2 heterocycles. The van der Waals surface area contributed by atoms with E-state index in [4.69, 9.17) is 0 Å². The van der Waals surface area contributed by atoms with Gasteiger partial charge in [-0.2, -0.15) is 0 Å². The fourth-order valence-corrected chi connectivity index (χ4v) is 8.72. The zero-order valence-electron chi connectivity index (χ0n) is 24.0. The van der Waals surface area contributed by atoms with Crippen LogP contribution in [-0.2, 0) is 19.2 Å². The lowest BCUT2D eigenvalue weighted by molar-refractivity contribution is -0.182. The van der Waals surface area contributed by atoms with Gasteiger partial charge in [0.15, 0.2) is 0 Å². The maximum absolute atomic E-state index is 13.5. The molecule has 0 atom stereocenters. The van der Waals surface area contributed by atoms with Crippen LogP contribution in [0.4, 0.5) is 0 Å². The highest BCUT2D eigenvalue weighted by Crippen LogP contribution is 2.58. The summed E-state index contributed by atoms with van der Waals surface area (Å²) in [4.78, 5) is 53.9. The van der Waals surface area contributed by atoms with Gasteiger partial charge in [-0.25, -0.2) is 0 Å². The van der Waals surface area contributed by atoms with Crippen LogP contribution in [-0.4, -0.2) is 65.9 Å². The van der Waals surface area contributed by atoms with Gasteiger partial charge in [-0.05, 0) is 106 Å². The minimum atomic E-state index is -1.18. The van der Waals surface area contributed by atoms with Crippen LogP contribution in [0.25, 0.3) is 0 Å². The molecule has 2 rings (SSSR count). The molecular formula is C28H48N2O6. The van der Waals surface area contributed by atoms with E-state index in [9.17, 15) is 29.4 Å². The summed E-state index contributed by atoms with van der Waals surface area (Å²) < 4.78 is 0. The molecule has 2 amide bonds. The van der Waals surface area contributed by atoms with Crippen molar-refractivity contribution < 1.29 is 29.4 Å². The number of carboxylic acids is 2. The molecule has 8 nitrogen and oxygen atoms in total. The van der Waals surface area contributed by atoms with Gasteiger partial charge in [0.05, 0.1) is 5.41 Å². The molecule has 36 heavy (non-hydrogen) atoms. The van der Waals surface area contributed by atoms with E-state index in [-0.39, 0.29) is 42.9 Å². The Hall–Kier alpha value is -2.12. The van der Waals surface area contributed by atoms with Crippen molar-refractivity contribution in [3.63, 3.8) is 0 Å². The predicted molar refractivity (Wildman–Crippen MR) is 138 cm³/mol. The average molecular weight is 509 g/mol. The van der Waals surface area contributed by atoms with Crippen molar-refractivity contribution in [2.24, 2.45) is 17.3 Å². The standard InChI is InChI=1S/C28H48N2O6/c1-18(31)29-24(3,4)14-20(15-25(29,5)6)28(23(35)36,13-11-12-22(33)34)21-16-26(7,8)30(19(2)32)27(9,10)17-21/h20-21H,11-17H2,1-10H3,(H,33,34)(H,35,36). The molecule has 8 heteroatoms. The van der Waals surface area contributed by atoms with E-state index in [1.165, 1.54) is 0 Å².